The predicted molar refractivity (Wildman–Crippen MR) is 47.2 cm³/mol. The number of ether oxygens (including phenoxy) is 1. The third-order valence-electron chi connectivity index (χ3n) is 1.46. The first kappa shape index (κ1) is 11.4. The van der Waals surface area contributed by atoms with E-state index < -0.39 is 11.9 Å². The van der Waals surface area contributed by atoms with Crippen LogP contribution in [0.15, 0.2) is 23.3 Å². The average Bonchev–Trinajstić information content (AvgIpc) is 2.03. The fourth-order valence-electron chi connectivity index (χ4n) is 0.879. The van der Waals surface area contributed by atoms with E-state index in [0.29, 0.717) is 5.57 Å². The van der Waals surface area contributed by atoms with Gasteiger partial charge in [-0.1, -0.05) is 6.08 Å². The van der Waals surface area contributed by atoms with Crippen molar-refractivity contribution < 1.29 is 19.4 Å². The van der Waals surface area contributed by atoms with Crippen LogP contribution in [0.4, 0.5) is 0 Å². The molecule has 0 heterocycles. The topological polar surface area (TPSA) is 63.6 Å². The van der Waals surface area contributed by atoms with Crippen LogP contribution in [-0.2, 0) is 14.3 Å². The van der Waals surface area contributed by atoms with Crippen LogP contribution in [0, 0.1) is 0 Å². The van der Waals surface area contributed by atoms with Gasteiger partial charge in [0.15, 0.2) is 0 Å². The summed E-state index contributed by atoms with van der Waals surface area (Å²) < 4.78 is 4.46. The van der Waals surface area contributed by atoms with Crippen molar-refractivity contribution in [1.82, 2.24) is 0 Å². The first-order valence-corrected chi connectivity index (χ1v) is 3.69. The van der Waals surface area contributed by atoms with E-state index in [1.165, 1.54) is 13.2 Å². The molecule has 0 aliphatic carbocycles. The number of carbonyl (C=O) groups is 2. The number of rotatable bonds is 3. The van der Waals surface area contributed by atoms with Gasteiger partial charge in [-0.3, -0.25) is 0 Å². The molecule has 0 spiro atoms. The molecule has 72 valence electrons. The predicted octanol–water partition coefficient (Wildman–Crippen LogP) is 1.14. The molecule has 0 unspecified atom stereocenters. The van der Waals surface area contributed by atoms with E-state index >= 15 is 0 Å². The first-order chi connectivity index (χ1) is 6.02. The third-order valence-corrected chi connectivity index (χ3v) is 1.46. The van der Waals surface area contributed by atoms with Gasteiger partial charge in [0.2, 0.25) is 0 Å². The molecule has 1 N–H and O–H groups in total. The highest BCUT2D eigenvalue weighted by molar-refractivity contribution is 5.95. The average molecular weight is 184 g/mol. The molecule has 0 atom stereocenters. The lowest BCUT2D eigenvalue weighted by atomic mass is 10.1. The standard InChI is InChI=1S/C9H12O4/c1-4-7(9(12)13-3)6(2)5-8(10)11/h4-5H,1-3H3,(H,10,11)/b6-5+,7-4-. The van der Waals surface area contributed by atoms with Crippen molar-refractivity contribution in [2.24, 2.45) is 0 Å². The molecule has 0 saturated heterocycles. The van der Waals surface area contributed by atoms with Gasteiger partial charge < -0.3 is 9.84 Å². The van der Waals surface area contributed by atoms with Gasteiger partial charge in [0, 0.05) is 6.08 Å². The van der Waals surface area contributed by atoms with Gasteiger partial charge in [0.05, 0.1) is 12.7 Å². The Morgan fingerprint density at radius 2 is 1.92 bits per heavy atom. The summed E-state index contributed by atoms with van der Waals surface area (Å²) in [5.41, 5.74) is 0.645. The molecule has 4 nitrogen and oxygen atoms in total. The summed E-state index contributed by atoms with van der Waals surface area (Å²) in [6, 6.07) is 0. The second kappa shape index (κ2) is 5.13. The highest BCUT2D eigenvalue weighted by Crippen LogP contribution is 2.10. The van der Waals surface area contributed by atoms with Gasteiger partial charge in [0.25, 0.3) is 0 Å². The van der Waals surface area contributed by atoms with Crippen molar-refractivity contribution in [3.8, 4) is 0 Å². The minimum atomic E-state index is -1.08. The van der Waals surface area contributed by atoms with E-state index in [-0.39, 0.29) is 5.57 Å². The zero-order chi connectivity index (χ0) is 10.4. The van der Waals surface area contributed by atoms with Gasteiger partial charge in [-0.2, -0.15) is 0 Å². The minimum Gasteiger partial charge on any atom is -0.478 e. The summed E-state index contributed by atoms with van der Waals surface area (Å²) in [6.45, 7) is 3.19. The Morgan fingerprint density at radius 1 is 1.38 bits per heavy atom. The SMILES string of the molecule is C/C=C(C(=O)OC)/C(C)=C/C(=O)O. The summed E-state index contributed by atoms with van der Waals surface area (Å²) in [6.07, 6.45) is 2.48. The number of allylic oxidation sites excluding steroid dienone is 1. The van der Waals surface area contributed by atoms with Crippen LogP contribution in [0.1, 0.15) is 13.8 Å². The lowest BCUT2D eigenvalue weighted by molar-refractivity contribution is -0.135. The van der Waals surface area contributed by atoms with Gasteiger partial charge in [-0.15, -0.1) is 0 Å². The normalized spacial score (nSPS) is 12.5. The summed E-state index contributed by atoms with van der Waals surface area (Å²) >= 11 is 0. The van der Waals surface area contributed by atoms with E-state index in [0.717, 1.165) is 6.08 Å². The number of methoxy groups -OCH3 is 1. The molecule has 0 rings (SSSR count). The fraction of sp³-hybridized carbons (Fsp3) is 0.333. The van der Waals surface area contributed by atoms with E-state index in [1.54, 1.807) is 13.8 Å². The van der Waals surface area contributed by atoms with E-state index in [2.05, 4.69) is 4.74 Å². The summed E-state index contributed by atoms with van der Waals surface area (Å²) in [4.78, 5) is 21.3. The van der Waals surface area contributed by atoms with Crippen LogP contribution < -0.4 is 0 Å². The summed E-state index contributed by atoms with van der Waals surface area (Å²) in [5.74, 6) is -1.61. The number of carbonyl (C=O) groups excluding carboxylic acids is 1. The molecular formula is C9H12O4. The Labute approximate surface area is 76.5 Å². The zero-order valence-electron chi connectivity index (χ0n) is 7.83. The van der Waals surface area contributed by atoms with Crippen molar-refractivity contribution in [2.45, 2.75) is 13.8 Å². The lowest BCUT2D eigenvalue weighted by Crippen LogP contribution is -2.06. The molecule has 0 aromatic heterocycles. The number of esters is 1. The van der Waals surface area contributed by atoms with E-state index in [9.17, 15) is 9.59 Å². The minimum absolute atomic E-state index is 0.268. The van der Waals surface area contributed by atoms with E-state index in [1.807, 2.05) is 0 Å². The Balaban J connectivity index is 4.81. The smallest absolute Gasteiger partial charge is 0.337 e. The summed E-state index contributed by atoms with van der Waals surface area (Å²) in [5, 5.41) is 8.43. The first-order valence-electron chi connectivity index (χ1n) is 3.69. The maximum absolute atomic E-state index is 11.0. The van der Waals surface area contributed by atoms with Crippen molar-refractivity contribution in [2.75, 3.05) is 7.11 Å². The lowest BCUT2D eigenvalue weighted by Gasteiger charge is -2.03. The van der Waals surface area contributed by atoms with Crippen molar-refractivity contribution in [3.63, 3.8) is 0 Å². The largest absolute Gasteiger partial charge is 0.478 e. The molecular weight excluding hydrogens is 172 g/mol. The van der Waals surface area contributed by atoms with Crippen molar-refractivity contribution in [3.05, 3.63) is 23.3 Å². The molecule has 0 aromatic carbocycles. The second-order valence-corrected chi connectivity index (χ2v) is 2.36. The van der Waals surface area contributed by atoms with E-state index in [4.69, 9.17) is 5.11 Å². The maximum Gasteiger partial charge on any atom is 0.337 e. The molecule has 0 fully saturated rings. The summed E-state index contributed by atoms with van der Waals surface area (Å²) in [7, 11) is 1.25. The number of carboxylic acid groups (broad SMARTS) is 1. The van der Waals surface area contributed by atoms with Crippen molar-refractivity contribution in [1.29, 1.82) is 0 Å². The van der Waals surface area contributed by atoms with Crippen LogP contribution in [0.3, 0.4) is 0 Å². The quantitative estimate of drug-likeness (QED) is 0.406. The van der Waals surface area contributed by atoms with Crippen LogP contribution >= 0.6 is 0 Å². The van der Waals surface area contributed by atoms with Crippen LogP contribution in [0.25, 0.3) is 0 Å². The Hall–Kier alpha value is -1.58. The Morgan fingerprint density at radius 3 is 2.23 bits per heavy atom. The molecule has 4 heteroatoms. The molecule has 0 aromatic rings. The molecule has 0 radical (unpaired) electrons. The number of carboxylic acids is 1. The molecule has 0 bridgehead atoms. The molecule has 0 saturated carbocycles. The monoisotopic (exact) mass is 184 g/mol. The Kier molecular flexibility index (Phi) is 4.51. The maximum atomic E-state index is 11.0. The van der Waals surface area contributed by atoms with Gasteiger partial charge >= 0.3 is 11.9 Å². The zero-order valence-corrected chi connectivity index (χ0v) is 7.83. The molecule has 0 aliphatic rings. The Bertz CT molecular complexity index is 273. The van der Waals surface area contributed by atoms with Crippen LogP contribution in [0.5, 0.6) is 0 Å². The van der Waals surface area contributed by atoms with Crippen LogP contribution in [0.2, 0.25) is 0 Å². The molecule has 13 heavy (non-hydrogen) atoms. The fourth-order valence-corrected chi connectivity index (χ4v) is 0.879. The number of aliphatic carboxylic acids is 1. The number of hydrogen-bond acceptors (Lipinski definition) is 3. The van der Waals surface area contributed by atoms with Gasteiger partial charge in [-0.25, -0.2) is 9.59 Å². The van der Waals surface area contributed by atoms with Crippen molar-refractivity contribution >= 4 is 11.9 Å². The number of hydrogen-bond donors (Lipinski definition) is 1. The third kappa shape index (κ3) is 3.55. The van der Waals surface area contributed by atoms with Gasteiger partial charge in [0.1, 0.15) is 0 Å². The van der Waals surface area contributed by atoms with Crippen LogP contribution in [-0.4, -0.2) is 24.2 Å². The van der Waals surface area contributed by atoms with Gasteiger partial charge in [-0.05, 0) is 19.4 Å². The molecule has 0 aliphatic heterocycles. The highest BCUT2D eigenvalue weighted by atomic mass is 16.5. The second-order valence-electron chi connectivity index (χ2n) is 2.36. The molecule has 0 amide bonds. The highest BCUT2D eigenvalue weighted by Gasteiger charge is 2.10.